The lowest BCUT2D eigenvalue weighted by molar-refractivity contribution is -0.385. The molecule has 4 rings (SSSR count). The molecule has 1 fully saturated rings. The number of nitro groups is 2. The van der Waals surface area contributed by atoms with Crippen LogP contribution in [-0.2, 0) is 16.1 Å². The molecule has 0 bridgehead atoms. The van der Waals surface area contributed by atoms with E-state index >= 15 is 0 Å². The SMILES string of the molecule is O=C(c1ccccc1[N+](=O)[O-])N(Cc1ccc(Cl)cc1[N+](=O)[O-])N1C(=O)[C@@H]2CC=CC[C@H]2C1=O. The molecular weight excluding hydrogens is 468 g/mol. The third-order valence-electron chi connectivity index (χ3n) is 5.86. The van der Waals surface area contributed by atoms with Crippen molar-refractivity contribution in [3.8, 4) is 0 Å². The van der Waals surface area contributed by atoms with Crippen molar-refractivity contribution >= 4 is 40.7 Å². The van der Waals surface area contributed by atoms with E-state index in [1.165, 1.54) is 30.3 Å². The van der Waals surface area contributed by atoms with Gasteiger partial charge in [0, 0.05) is 17.2 Å². The van der Waals surface area contributed by atoms with E-state index in [9.17, 15) is 34.6 Å². The van der Waals surface area contributed by atoms with Crippen LogP contribution in [0.25, 0.3) is 0 Å². The first-order valence-corrected chi connectivity index (χ1v) is 10.6. The fourth-order valence-corrected chi connectivity index (χ4v) is 4.38. The lowest BCUT2D eigenvalue weighted by Gasteiger charge is -2.30. The fraction of sp³-hybridized carbons (Fsp3) is 0.227. The summed E-state index contributed by atoms with van der Waals surface area (Å²) in [4.78, 5) is 61.6. The number of carbonyl (C=O) groups excluding carboxylic acids is 3. The van der Waals surface area contributed by atoms with E-state index in [1.54, 1.807) is 12.2 Å². The Balaban J connectivity index is 1.82. The number of para-hydroxylation sites is 1. The van der Waals surface area contributed by atoms with Crippen LogP contribution < -0.4 is 0 Å². The van der Waals surface area contributed by atoms with Gasteiger partial charge in [0.2, 0.25) is 0 Å². The molecule has 174 valence electrons. The van der Waals surface area contributed by atoms with Crippen molar-refractivity contribution in [1.29, 1.82) is 0 Å². The monoisotopic (exact) mass is 484 g/mol. The number of benzene rings is 2. The van der Waals surface area contributed by atoms with Crippen molar-refractivity contribution in [2.45, 2.75) is 19.4 Å². The van der Waals surface area contributed by atoms with E-state index < -0.39 is 57.3 Å². The summed E-state index contributed by atoms with van der Waals surface area (Å²) < 4.78 is 0. The Kier molecular flexibility index (Phi) is 6.12. The van der Waals surface area contributed by atoms with Gasteiger partial charge in [-0.2, -0.15) is 5.01 Å². The first kappa shape index (κ1) is 23.1. The Bertz CT molecular complexity index is 1240. The second-order valence-electron chi connectivity index (χ2n) is 7.81. The van der Waals surface area contributed by atoms with Gasteiger partial charge >= 0.3 is 0 Å². The third kappa shape index (κ3) is 4.01. The number of carbonyl (C=O) groups is 3. The molecular formula is C22H17ClN4O7. The summed E-state index contributed by atoms with van der Waals surface area (Å²) in [6.07, 6.45) is 4.16. The third-order valence-corrected chi connectivity index (χ3v) is 6.09. The highest BCUT2D eigenvalue weighted by atomic mass is 35.5. The number of fused-ring (bicyclic) bond motifs is 1. The van der Waals surface area contributed by atoms with Gasteiger partial charge in [0.25, 0.3) is 29.1 Å². The first-order valence-electron chi connectivity index (χ1n) is 10.2. The van der Waals surface area contributed by atoms with E-state index in [4.69, 9.17) is 11.6 Å². The average Bonchev–Trinajstić information content (AvgIpc) is 3.08. The molecule has 0 unspecified atom stereocenters. The summed E-state index contributed by atoms with van der Waals surface area (Å²) in [5.41, 5.74) is -1.32. The van der Waals surface area contributed by atoms with Gasteiger partial charge in [-0.15, -0.1) is 0 Å². The molecule has 1 aliphatic heterocycles. The maximum atomic E-state index is 13.6. The molecule has 0 aromatic heterocycles. The summed E-state index contributed by atoms with van der Waals surface area (Å²) in [7, 11) is 0. The molecule has 1 heterocycles. The van der Waals surface area contributed by atoms with Crippen molar-refractivity contribution in [3.63, 3.8) is 0 Å². The lowest BCUT2D eigenvalue weighted by atomic mass is 9.85. The minimum absolute atomic E-state index is 0.00469. The predicted molar refractivity (Wildman–Crippen MR) is 118 cm³/mol. The van der Waals surface area contributed by atoms with Crippen molar-refractivity contribution in [1.82, 2.24) is 10.0 Å². The van der Waals surface area contributed by atoms with E-state index in [0.717, 1.165) is 17.1 Å². The molecule has 12 heteroatoms. The van der Waals surface area contributed by atoms with Crippen LogP contribution in [0.1, 0.15) is 28.8 Å². The average molecular weight is 485 g/mol. The Morgan fingerprint density at radius 1 is 0.971 bits per heavy atom. The number of hydrazine groups is 1. The second kappa shape index (κ2) is 9.02. The van der Waals surface area contributed by atoms with Gasteiger partial charge in [0.05, 0.1) is 33.8 Å². The number of rotatable bonds is 6. The van der Waals surface area contributed by atoms with Crippen molar-refractivity contribution in [2.24, 2.45) is 11.8 Å². The molecule has 0 saturated carbocycles. The van der Waals surface area contributed by atoms with Crippen LogP contribution >= 0.6 is 11.6 Å². The Hall–Kier alpha value is -4.12. The number of imide groups is 1. The van der Waals surface area contributed by atoms with Crippen LogP contribution in [-0.4, -0.2) is 37.6 Å². The molecule has 2 aromatic rings. The highest BCUT2D eigenvalue weighted by Crippen LogP contribution is 2.37. The molecule has 0 N–H and O–H groups in total. The summed E-state index contributed by atoms with van der Waals surface area (Å²) in [5.74, 6) is -3.65. The van der Waals surface area contributed by atoms with Crippen LogP contribution in [0.4, 0.5) is 11.4 Å². The number of hydrogen-bond acceptors (Lipinski definition) is 7. The lowest BCUT2D eigenvalue weighted by Crippen LogP contribution is -2.50. The van der Waals surface area contributed by atoms with Crippen LogP contribution in [0, 0.1) is 32.1 Å². The predicted octanol–water partition coefficient (Wildman–Crippen LogP) is 3.67. The first-order chi connectivity index (χ1) is 16.2. The number of halogens is 1. The zero-order chi connectivity index (χ0) is 24.6. The minimum atomic E-state index is -1.01. The minimum Gasteiger partial charge on any atom is -0.272 e. The summed E-state index contributed by atoms with van der Waals surface area (Å²) >= 11 is 5.88. The van der Waals surface area contributed by atoms with Gasteiger partial charge in [-0.25, -0.2) is 5.01 Å². The standard InChI is InChI=1S/C22H17ClN4O7/c23-14-10-9-13(19(11-14)27(33)34)12-24(20(28)17-7-3-4-8-18(17)26(31)32)25-21(29)15-5-1-2-6-16(15)22(25)30/h1-4,7-11,15-16H,5-6,12H2/t15-,16-/m1/s1. The van der Waals surface area contributed by atoms with E-state index in [1.807, 2.05) is 0 Å². The molecule has 1 aliphatic carbocycles. The molecule has 2 aliphatic rings. The topological polar surface area (TPSA) is 144 Å². The highest BCUT2D eigenvalue weighted by Gasteiger charge is 2.51. The van der Waals surface area contributed by atoms with Crippen molar-refractivity contribution in [2.75, 3.05) is 0 Å². The van der Waals surface area contributed by atoms with Gasteiger partial charge in [0.1, 0.15) is 5.56 Å². The van der Waals surface area contributed by atoms with Crippen molar-refractivity contribution < 1.29 is 24.2 Å². The summed E-state index contributed by atoms with van der Waals surface area (Å²) in [6, 6.07) is 8.85. The van der Waals surface area contributed by atoms with E-state index in [-0.39, 0.29) is 16.1 Å². The normalized spacial score (nSPS) is 19.1. The molecule has 11 nitrogen and oxygen atoms in total. The van der Waals surface area contributed by atoms with Gasteiger partial charge < -0.3 is 0 Å². The van der Waals surface area contributed by atoms with Gasteiger partial charge in [-0.1, -0.05) is 35.9 Å². The molecule has 0 spiro atoms. The quantitative estimate of drug-likeness (QED) is 0.263. The van der Waals surface area contributed by atoms with Gasteiger partial charge in [-0.05, 0) is 31.0 Å². The smallest absolute Gasteiger partial charge is 0.272 e. The number of hydrogen-bond donors (Lipinski definition) is 0. The number of nitro benzene ring substituents is 2. The largest absolute Gasteiger partial charge is 0.282 e. The van der Waals surface area contributed by atoms with Crippen LogP contribution in [0.2, 0.25) is 5.02 Å². The molecule has 1 saturated heterocycles. The number of allylic oxidation sites excluding steroid dienone is 2. The molecule has 2 atom stereocenters. The van der Waals surface area contributed by atoms with Crippen molar-refractivity contribution in [3.05, 3.63) is 91.0 Å². The molecule has 2 aromatic carbocycles. The highest BCUT2D eigenvalue weighted by molar-refractivity contribution is 6.30. The van der Waals surface area contributed by atoms with Crippen LogP contribution in [0.5, 0.6) is 0 Å². The van der Waals surface area contributed by atoms with Gasteiger partial charge in [-0.3, -0.25) is 34.6 Å². The molecule has 0 radical (unpaired) electrons. The van der Waals surface area contributed by atoms with Gasteiger partial charge in [0.15, 0.2) is 0 Å². The zero-order valence-electron chi connectivity index (χ0n) is 17.5. The van der Waals surface area contributed by atoms with E-state index in [0.29, 0.717) is 17.9 Å². The maximum Gasteiger partial charge on any atom is 0.282 e. The second-order valence-corrected chi connectivity index (χ2v) is 8.25. The van der Waals surface area contributed by atoms with Crippen LogP contribution in [0.3, 0.4) is 0 Å². The summed E-state index contributed by atoms with van der Waals surface area (Å²) in [6.45, 7) is -0.553. The fourth-order valence-electron chi connectivity index (χ4n) is 4.21. The Morgan fingerprint density at radius 2 is 1.56 bits per heavy atom. The van der Waals surface area contributed by atoms with E-state index in [2.05, 4.69) is 0 Å². The maximum absolute atomic E-state index is 13.6. The summed E-state index contributed by atoms with van der Waals surface area (Å²) in [5, 5.41) is 24.6. The van der Waals surface area contributed by atoms with Crippen LogP contribution in [0.15, 0.2) is 54.6 Å². The molecule has 34 heavy (non-hydrogen) atoms. The number of amides is 3. The Labute approximate surface area is 197 Å². The zero-order valence-corrected chi connectivity index (χ0v) is 18.3. The number of nitrogens with zero attached hydrogens (tertiary/aromatic N) is 4. The Morgan fingerprint density at radius 3 is 2.15 bits per heavy atom. The molecule has 3 amide bonds.